The molecule has 2 aromatic heterocycles. The van der Waals surface area contributed by atoms with Crippen LogP contribution in [0.15, 0.2) is 64.6 Å². The Labute approximate surface area is 175 Å². The van der Waals surface area contributed by atoms with E-state index in [1.165, 1.54) is 28.8 Å². The van der Waals surface area contributed by atoms with Crippen LogP contribution in [0.4, 0.5) is 14.6 Å². The molecular weight excluding hydrogens is 408 g/mol. The fourth-order valence-electron chi connectivity index (χ4n) is 3.41. The second-order valence-electron chi connectivity index (χ2n) is 7.11. The SMILES string of the molecule is Cc1cc2c(N[C@@H]3C[C@H]3c3ccc(F)c(F)c3)nc(Sc3ccccc3)nc2s1. The molecule has 1 N–H and O–H groups in total. The molecule has 7 heteroatoms. The molecule has 5 rings (SSSR count). The monoisotopic (exact) mass is 425 g/mol. The molecule has 0 unspecified atom stereocenters. The van der Waals surface area contributed by atoms with Crippen LogP contribution in [0.5, 0.6) is 0 Å². The minimum absolute atomic E-state index is 0.146. The highest BCUT2D eigenvalue weighted by molar-refractivity contribution is 7.99. The minimum atomic E-state index is -0.812. The highest BCUT2D eigenvalue weighted by Crippen LogP contribution is 2.44. The minimum Gasteiger partial charge on any atom is -0.366 e. The maximum Gasteiger partial charge on any atom is 0.195 e. The van der Waals surface area contributed by atoms with Crippen LogP contribution in [0, 0.1) is 18.6 Å². The first-order chi connectivity index (χ1) is 14.1. The molecule has 3 nitrogen and oxygen atoms in total. The van der Waals surface area contributed by atoms with Crippen molar-refractivity contribution in [2.45, 2.75) is 35.4 Å². The number of benzene rings is 2. The number of fused-ring (bicyclic) bond motifs is 1. The lowest BCUT2D eigenvalue weighted by atomic mass is 10.1. The number of aromatic nitrogens is 2. The van der Waals surface area contributed by atoms with Crippen LogP contribution >= 0.6 is 23.1 Å². The van der Waals surface area contributed by atoms with Crippen molar-refractivity contribution in [2.75, 3.05) is 5.32 Å². The largest absolute Gasteiger partial charge is 0.366 e. The standard InChI is InChI=1S/C22H17F2N3S2/c1-12-9-16-20(25-19-11-15(19)13-7-8-17(23)18(24)10-13)26-22(27-21(16)28-12)29-14-5-3-2-4-6-14/h2-10,15,19H,11H2,1H3,(H,25,26,27)/t15-,19+/m0/s1. The smallest absolute Gasteiger partial charge is 0.195 e. The second-order valence-corrected chi connectivity index (χ2v) is 9.39. The quantitative estimate of drug-likeness (QED) is 0.376. The molecule has 4 aromatic rings. The third-order valence-corrected chi connectivity index (χ3v) is 6.75. The Morgan fingerprint density at radius 3 is 2.66 bits per heavy atom. The lowest BCUT2D eigenvalue weighted by molar-refractivity contribution is 0.507. The molecule has 1 saturated carbocycles. The summed E-state index contributed by atoms with van der Waals surface area (Å²) >= 11 is 3.17. The highest BCUT2D eigenvalue weighted by Gasteiger charge is 2.39. The van der Waals surface area contributed by atoms with Crippen LogP contribution in [-0.2, 0) is 0 Å². The zero-order valence-electron chi connectivity index (χ0n) is 15.5. The van der Waals surface area contributed by atoms with E-state index in [0.29, 0.717) is 5.16 Å². The summed E-state index contributed by atoms with van der Waals surface area (Å²) in [6.45, 7) is 2.06. The molecule has 0 spiro atoms. The number of halogens is 2. The predicted octanol–water partition coefficient (Wildman–Crippen LogP) is 6.40. The molecule has 146 valence electrons. The van der Waals surface area contributed by atoms with Crippen molar-refractivity contribution < 1.29 is 8.78 Å². The molecule has 0 amide bonds. The first-order valence-corrected chi connectivity index (χ1v) is 10.9. The first-order valence-electron chi connectivity index (χ1n) is 9.29. The number of hydrogen-bond acceptors (Lipinski definition) is 5. The Morgan fingerprint density at radius 2 is 1.86 bits per heavy atom. The lowest BCUT2D eigenvalue weighted by Gasteiger charge is -2.09. The molecule has 1 aliphatic rings. The van der Waals surface area contributed by atoms with Gasteiger partial charge in [0.05, 0.1) is 5.39 Å². The van der Waals surface area contributed by atoms with Crippen molar-refractivity contribution in [3.63, 3.8) is 0 Å². The summed E-state index contributed by atoms with van der Waals surface area (Å²) in [5, 5.41) is 5.20. The number of hydrogen-bond donors (Lipinski definition) is 1. The van der Waals surface area contributed by atoms with Gasteiger partial charge in [0.25, 0.3) is 0 Å². The van der Waals surface area contributed by atoms with E-state index in [1.807, 2.05) is 30.3 Å². The van der Waals surface area contributed by atoms with E-state index >= 15 is 0 Å². The summed E-state index contributed by atoms with van der Waals surface area (Å²) in [5.74, 6) is -0.659. The normalized spacial score (nSPS) is 18.2. The fourth-order valence-corrected chi connectivity index (χ4v) is 5.13. The van der Waals surface area contributed by atoms with Gasteiger partial charge in [-0.1, -0.05) is 24.3 Å². The Morgan fingerprint density at radius 1 is 1.03 bits per heavy atom. The number of thiophene rings is 1. The first kappa shape index (κ1) is 18.5. The maximum atomic E-state index is 13.6. The van der Waals surface area contributed by atoms with Crippen molar-refractivity contribution in [3.05, 3.63) is 76.7 Å². The third-order valence-electron chi connectivity index (χ3n) is 4.93. The average Bonchev–Trinajstić information content (AvgIpc) is 3.36. The van der Waals surface area contributed by atoms with E-state index in [0.717, 1.165) is 32.9 Å². The molecule has 0 radical (unpaired) electrons. The van der Waals surface area contributed by atoms with Crippen molar-refractivity contribution in [1.82, 2.24) is 9.97 Å². The van der Waals surface area contributed by atoms with E-state index in [2.05, 4.69) is 18.3 Å². The number of nitrogens with one attached hydrogen (secondary N) is 1. The Kier molecular flexibility index (Phi) is 4.72. The van der Waals surface area contributed by atoms with Crippen LogP contribution in [0.2, 0.25) is 0 Å². The molecule has 29 heavy (non-hydrogen) atoms. The van der Waals surface area contributed by atoms with Crippen LogP contribution in [0.1, 0.15) is 22.8 Å². The number of nitrogens with zero attached hydrogens (tertiary/aromatic N) is 2. The lowest BCUT2D eigenvalue weighted by Crippen LogP contribution is -2.07. The van der Waals surface area contributed by atoms with E-state index in [1.54, 1.807) is 17.4 Å². The summed E-state index contributed by atoms with van der Waals surface area (Å²) in [5.41, 5.74) is 0.812. The number of rotatable bonds is 5. The van der Waals surface area contributed by atoms with Gasteiger partial charge in [0, 0.05) is 21.7 Å². The van der Waals surface area contributed by atoms with Gasteiger partial charge in [0.2, 0.25) is 0 Å². The molecule has 0 saturated heterocycles. The number of anilines is 1. The van der Waals surface area contributed by atoms with E-state index in [-0.39, 0.29) is 12.0 Å². The summed E-state index contributed by atoms with van der Waals surface area (Å²) < 4.78 is 26.8. The van der Waals surface area contributed by atoms with Crippen molar-refractivity contribution in [2.24, 2.45) is 0 Å². The van der Waals surface area contributed by atoms with Gasteiger partial charge in [-0.2, -0.15) is 0 Å². The summed E-state index contributed by atoms with van der Waals surface area (Å²) in [6.07, 6.45) is 0.862. The van der Waals surface area contributed by atoms with E-state index in [4.69, 9.17) is 9.97 Å². The van der Waals surface area contributed by atoms with E-state index in [9.17, 15) is 8.78 Å². The van der Waals surface area contributed by atoms with Crippen molar-refractivity contribution in [1.29, 1.82) is 0 Å². The average molecular weight is 426 g/mol. The van der Waals surface area contributed by atoms with Crippen molar-refractivity contribution in [3.8, 4) is 0 Å². The van der Waals surface area contributed by atoms with Gasteiger partial charge in [-0.3, -0.25) is 0 Å². The fraction of sp³-hybridized carbons (Fsp3) is 0.182. The maximum absolute atomic E-state index is 13.6. The molecule has 0 bridgehead atoms. The van der Waals surface area contributed by atoms with Gasteiger partial charge in [0.15, 0.2) is 16.8 Å². The van der Waals surface area contributed by atoms with Gasteiger partial charge in [0.1, 0.15) is 10.6 Å². The highest BCUT2D eigenvalue weighted by atomic mass is 32.2. The molecule has 0 aliphatic heterocycles. The zero-order chi connectivity index (χ0) is 20.0. The predicted molar refractivity (Wildman–Crippen MR) is 114 cm³/mol. The van der Waals surface area contributed by atoms with E-state index < -0.39 is 11.6 Å². The van der Waals surface area contributed by atoms with Gasteiger partial charge in [-0.05, 0) is 61.0 Å². The summed E-state index contributed by atoms with van der Waals surface area (Å²) in [4.78, 5) is 12.7. The molecule has 1 aliphatic carbocycles. The number of aryl methyl sites for hydroxylation is 1. The topological polar surface area (TPSA) is 37.8 Å². The molecule has 2 heterocycles. The van der Waals surface area contributed by atoms with Crippen LogP contribution in [0.25, 0.3) is 10.2 Å². The van der Waals surface area contributed by atoms with Crippen LogP contribution < -0.4 is 5.32 Å². The molecule has 2 atom stereocenters. The Balaban J connectivity index is 1.42. The second kappa shape index (κ2) is 7.39. The van der Waals surface area contributed by atoms with Gasteiger partial charge in [-0.15, -0.1) is 11.3 Å². The zero-order valence-corrected chi connectivity index (χ0v) is 17.2. The van der Waals surface area contributed by atoms with Crippen LogP contribution in [-0.4, -0.2) is 16.0 Å². The third kappa shape index (κ3) is 3.84. The Hall–Kier alpha value is -2.51. The van der Waals surface area contributed by atoms with Crippen molar-refractivity contribution >= 4 is 39.1 Å². The summed E-state index contributed by atoms with van der Waals surface area (Å²) in [7, 11) is 0. The van der Waals surface area contributed by atoms with Gasteiger partial charge < -0.3 is 5.32 Å². The van der Waals surface area contributed by atoms with Crippen LogP contribution in [0.3, 0.4) is 0 Å². The molecular formula is C22H17F2N3S2. The molecule has 2 aromatic carbocycles. The Bertz CT molecular complexity index is 1190. The summed E-state index contributed by atoms with van der Waals surface area (Å²) in [6, 6.07) is 16.4. The molecule has 1 fully saturated rings. The van der Waals surface area contributed by atoms with Gasteiger partial charge >= 0.3 is 0 Å². The van der Waals surface area contributed by atoms with Gasteiger partial charge in [-0.25, -0.2) is 18.7 Å².